The van der Waals surface area contributed by atoms with Crippen LogP contribution in [-0.4, -0.2) is 59.3 Å². The highest BCUT2D eigenvalue weighted by atomic mass is 19.1. The van der Waals surface area contributed by atoms with Gasteiger partial charge in [0.1, 0.15) is 0 Å². The van der Waals surface area contributed by atoms with E-state index in [0.29, 0.717) is 37.8 Å². The molecule has 4 rings (SSSR count). The number of allylic oxidation sites excluding steroid dienone is 4. The topological polar surface area (TPSA) is 119 Å². The quantitative estimate of drug-likeness (QED) is 0.515. The average molecular weight is 520 g/mol. The maximum atomic E-state index is 17.4. The Balaban J connectivity index is 1.79. The number of aliphatic hydroxyl groups excluding tert-OH is 1. The second-order valence-electron chi connectivity index (χ2n) is 11.7. The first-order valence-corrected chi connectivity index (χ1v) is 13.2. The number of hydrogen-bond acceptors (Lipinski definition) is 7. The molecule has 8 nitrogen and oxygen atoms in total. The van der Waals surface area contributed by atoms with Gasteiger partial charge in [-0.15, -0.1) is 0 Å². The summed E-state index contributed by atoms with van der Waals surface area (Å²) in [6.07, 6.45) is 3.96. The van der Waals surface area contributed by atoms with Gasteiger partial charge >= 0.3 is 12.1 Å². The van der Waals surface area contributed by atoms with Crippen molar-refractivity contribution in [2.24, 2.45) is 28.6 Å². The summed E-state index contributed by atoms with van der Waals surface area (Å²) in [7, 11) is 0. The minimum atomic E-state index is -2.07. The summed E-state index contributed by atoms with van der Waals surface area (Å²) in [5, 5.41) is 14.2. The molecular weight excluding hydrogens is 481 g/mol. The smallest absolute Gasteiger partial charge is 0.408 e. The highest BCUT2D eigenvalue weighted by Crippen LogP contribution is 2.71. The number of nitrogens with one attached hydrogen (secondary N) is 1. The van der Waals surface area contributed by atoms with Crippen LogP contribution in [0.2, 0.25) is 0 Å². The predicted octanol–water partition coefficient (Wildman–Crippen LogP) is 3.61. The van der Waals surface area contributed by atoms with Crippen LogP contribution in [0.15, 0.2) is 23.8 Å². The van der Waals surface area contributed by atoms with E-state index in [4.69, 9.17) is 9.47 Å². The molecule has 2 N–H and O–H groups in total. The first-order chi connectivity index (χ1) is 17.3. The van der Waals surface area contributed by atoms with Crippen molar-refractivity contribution in [2.45, 2.75) is 84.1 Å². The Hall–Kier alpha value is -2.55. The van der Waals surface area contributed by atoms with Crippen LogP contribution < -0.4 is 5.32 Å². The van der Waals surface area contributed by atoms with Gasteiger partial charge in [0.25, 0.3) is 0 Å². The number of ketones is 2. The number of rotatable bonds is 6. The molecule has 0 aromatic rings. The number of halogens is 1. The lowest BCUT2D eigenvalue weighted by atomic mass is 9.44. The van der Waals surface area contributed by atoms with Gasteiger partial charge in [0, 0.05) is 36.1 Å². The van der Waals surface area contributed by atoms with Crippen molar-refractivity contribution in [1.82, 2.24) is 5.32 Å². The zero-order valence-corrected chi connectivity index (χ0v) is 22.3. The van der Waals surface area contributed by atoms with Gasteiger partial charge in [-0.2, -0.15) is 0 Å². The summed E-state index contributed by atoms with van der Waals surface area (Å²) >= 11 is 0. The zero-order valence-electron chi connectivity index (χ0n) is 22.3. The first kappa shape index (κ1) is 27.5. The van der Waals surface area contributed by atoms with Crippen molar-refractivity contribution >= 4 is 23.6 Å². The minimum Gasteiger partial charge on any atom is -0.458 e. The molecule has 9 heteroatoms. The van der Waals surface area contributed by atoms with E-state index in [9.17, 15) is 24.3 Å². The molecule has 4 aliphatic rings. The molecule has 0 heterocycles. The van der Waals surface area contributed by atoms with Crippen LogP contribution >= 0.6 is 0 Å². The number of amides is 1. The van der Waals surface area contributed by atoms with E-state index in [0.717, 1.165) is 0 Å². The van der Waals surface area contributed by atoms with Crippen LogP contribution in [0.5, 0.6) is 0 Å². The Morgan fingerprint density at radius 1 is 1.24 bits per heavy atom. The second-order valence-corrected chi connectivity index (χ2v) is 11.7. The van der Waals surface area contributed by atoms with Gasteiger partial charge in [0.2, 0.25) is 5.78 Å². The lowest BCUT2D eigenvalue weighted by molar-refractivity contribution is -0.219. The number of alkyl halides is 1. The number of carbonyl (C=O) groups excluding carboxylic acids is 4. The van der Waals surface area contributed by atoms with E-state index < -0.39 is 70.4 Å². The number of hydrogen-bond donors (Lipinski definition) is 2. The van der Waals surface area contributed by atoms with Crippen molar-refractivity contribution in [3.05, 3.63) is 23.8 Å². The summed E-state index contributed by atoms with van der Waals surface area (Å²) in [4.78, 5) is 50.3. The molecule has 0 bridgehead atoms. The number of carbonyl (C=O) groups is 4. The number of fused-ring (bicyclic) bond motifs is 5. The zero-order chi connectivity index (χ0) is 27.4. The largest absolute Gasteiger partial charge is 0.458 e. The number of Topliss-reactive ketones (excluding diaryl/α,β-unsaturated/α-hetero) is 1. The fraction of sp³-hybridized carbons (Fsp3) is 0.714. The van der Waals surface area contributed by atoms with E-state index in [1.54, 1.807) is 26.8 Å². The monoisotopic (exact) mass is 519 g/mol. The first-order valence-electron chi connectivity index (χ1n) is 13.2. The summed E-state index contributed by atoms with van der Waals surface area (Å²) in [5.74, 6) is -2.97. The number of alkyl carbamates (subject to hydrolysis) is 1. The van der Waals surface area contributed by atoms with Crippen LogP contribution in [0.25, 0.3) is 0 Å². The van der Waals surface area contributed by atoms with Crippen LogP contribution in [0.4, 0.5) is 9.18 Å². The molecule has 1 amide bonds. The summed E-state index contributed by atoms with van der Waals surface area (Å²) < 4.78 is 28.4. The van der Waals surface area contributed by atoms with Crippen LogP contribution in [0.1, 0.15) is 66.7 Å². The lowest BCUT2D eigenvalue weighted by Gasteiger charge is -2.62. The Bertz CT molecular complexity index is 1070. The maximum absolute atomic E-state index is 17.4. The molecule has 0 spiro atoms. The van der Waals surface area contributed by atoms with Crippen molar-refractivity contribution in [3.8, 4) is 0 Å². The lowest BCUT2D eigenvalue weighted by Crippen LogP contribution is -2.70. The molecular formula is C28H38FNO7. The third-order valence-electron chi connectivity index (χ3n) is 9.77. The number of ether oxygens (including phenoxy) is 2. The summed E-state index contributed by atoms with van der Waals surface area (Å²) in [5.41, 5.74) is -5.40. The van der Waals surface area contributed by atoms with Crippen LogP contribution in [0, 0.1) is 28.6 Å². The number of aliphatic hydroxyl groups is 1. The van der Waals surface area contributed by atoms with E-state index in [-0.39, 0.29) is 12.2 Å². The molecule has 0 aliphatic heterocycles. The van der Waals surface area contributed by atoms with Gasteiger partial charge in [-0.1, -0.05) is 32.4 Å². The van der Waals surface area contributed by atoms with Gasteiger partial charge in [0.15, 0.2) is 23.7 Å². The summed E-state index contributed by atoms with van der Waals surface area (Å²) in [6, 6.07) is 0. The minimum absolute atomic E-state index is 0.132. The van der Waals surface area contributed by atoms with E-state index >= 15 is 4.39 Å². The average Bonchev–Trinajstić information content (AvgIpc) is 3.04. The molecule has 0 saturated heterocycles. The van der Waals surface area contributed by atoms with Crippen molar-refractivity contribution in [2.75, 3.05) is 13.2 Å². The highest BCUT2D eigenvalue weighted by molar-refractivity contribution is 6.01. The molecule has 0 unspecified atom stereocenters. The molecule has 37 heavy (non-hydrogen) atoms. The standard InChI is InChI=1S/C28H38FNO7/c1-6-11-30-24(35)37-28(23(34)15-36-17(3)31)16(2)12-21-20-8-7-18-13-19(32)9-10-25(18,4)27(20,29)22(33)14-26(21,28)5/h9-10,13,16,20-22,33H,6-8,11-12,14-15H2,1-5H3,(H,30,35)/t16-,20-,21-,22-,25-,26-,27-,28-/m0/s1. The predicted molar refractivity (Wildman–Crippen MR) is 132 cm³/mol. The van der Waals surface area contributed by atoms with Gasteiger partial charge in [-0.25, -0.2) is 9.18 Å². The molecule has 3 fully saturated rings. The third-order valence-corrected chi connectivity index (χ3v) is 9.77. The maximum Gasteiger partial charge on any atom is 0.408 e. The van der Waals surface area contributed by atoms with Gasteiger partial charge in [0.05, 0.1) is 6.10 Å². The van der Waals surface area contributed by atoms with E-state index in [2.05, 4.69) is 5.32 Å². The fourth-order valence-corrected chi connectivity index (χ4v) is 8.08. The normalized spacial score (nSPS) is 42.1. The summed E-state index contributed by atoms with van der Waals surface area (Å²) in [6.45, 7) is 8.15. The van der Waals surface area contributed by atoms with Crippen molar-refractivity contribution in [1.29, 1.82) is 0 Å². The Labute approximate surface area is 217 Å². The molecule has 0 aromatic carbocycles. The van der Waals surface area contributed by atoms with E-state index in [1.165, 1.54) is 19.1 Å². The fourth-order valence-electron chi connectivity index (χ4n) is 8.08. The second kappa shape index (κ2) is 9.33. The Morgan fingerprint density at radius 2 is 1.95 bits per heavy atom. The highest BCUT2D eigenvalue weighted by Gasteiger charge is 2.77. The van der Waals surface area contributed by atoms with Crippen molar-refractivity contribution in [3.63, 3.8) is 0 Å². The molecule has 3 saturated carbocycles. The van der Waals surface area contributed by atoms with Crippen LogP contribution in [0.3, 0.4) is 0 Å². The van der Waals surface area contributed by atoms with E-state index in [1.807, 2.05) is 6.92 Å². The molecule has 4 aliphatic carbocycles. The SMILES string of the molecule is CCCNC(=O)O[C@]1(C(=O)COC(C)=O)[C@@H](C)C[C@H]2[C@@H]3CCC4=CC(=O)C=C[C@]4(C)[C@@]3(F)[C@@H](O)C[C@@]21C. The van der Waals surface area contributed by atoms with Crippen LogP contribution in [-0.2, 0) is 23.9 Å². The number of esters is 1. The molecule has 0 radical (unpaired) electrons. The van der Waals surface area contributed by atoms with Gasteiger partial charge < -0.3 is 19.9 Å². The third kappa shape index (κ3) is 3.79. The van der Waals surface area contributed by atoms with Crippen molar-refractivity contribution < 1.29 is 38.1 Å². The molecule has 204 valence electrons. The Kier molecular flexibility index (Phi) is 6.93. The molecule has 0 aromatic heterocycles. The van der Waals surface area contributed by atoms with Gasteiger partial charge in [-0.05, 0) is 57.1 Å². The Morgan fingerprint density at radius 3 is 2.59 bits per heavy atom. The van der Waals surface area contributed by atoms with Gasteiger partial charge in [-0.3, -0.25) is 14.4 Å². The molecule has 8 atom stereocenters.